The quantitative estimate of drug-likeness (QED) is 0.256. The van der Waals surface area contributed by atoms with E-state index in [1.54, 1.807) is 0 Å². The second-order valence-electron chi connectivity index (χ2n) is 8.50. The summed E-state index contributed by atoms with van der Waals surface area (Å²) >= 11 is 0. The van der Waals surface area contributed by atoms with Crippen molar-refractivity contribution in [1.82, 2.24) is 5.09 Å². The fourth-order valence-electron chi connectivity index (χ4n) is 3.59. The summed E-state index contributed by atoms with van der Waals surface area (Å²) in [6.07, 6.45) is 4.18. The van der Waals surface area contributed by atoms with Crippen LogP contribution in [0.2, 0.25) is 19.6 Å². The van der Waals surface area contributed by atoms with Crippen LogP contribution in [0.5, 0.6) is 0 Å². The van der Waals surface area contributed by atoms with Gasteiger partial charge >= 0.3 is 0 Å². The number of rotatable bonds is 8. The molecule has 2 nitrogen and oxygen atoms in total. The van der Waals surface area contributed by atoms with E-state index in [1.165, 1.54) is 0 Å². The number of hydrogen-bond acceptors (Lipinski definition) is 1. The van der Waals surface area contributed by atoms with Crippen LogP contribution in [0.15, 0.2) is 115 Å². The highest BCUT2D eigenvalue weighted by molar-refractivity contribution is 7.77. The summed E-state index contributed by atoms with van der Waals surface area (Å²) in [6, 6.07) is 29.3. The first-order valence-corrected chi connectivity index (χ1v) is 15.7. The second-order valence-corrected chi connectivity index (χ2v) is 16.0. The van der Waals surface area contributed by atoms with Crippen LogP contribution in [0.3, 0.4) is 0 Å². The molecule has 1 atom stereocenters. The van der Waals surface area contributed by atoms with Crippen molar-refractivity contribution in [2.24, 2.45) is 0 Å². The van der Waals surface area contributed by atoms with Crippen molar-refractivity contribution in [2.75, 3.05) is 0 Å². The third-order valence-electron chi connectivity index (χ3n) is 5.15. The Balaban J connectivity index is 2.11. The molecule has 0 fully saturated rings. The summed E-state index contributed by atoms with van der Waals surface area (Å²) < 4.78 is 14.6. The molecule has 4 heteroatoms. The molecular formula is C27H30NOPSi. The van der Waals surface area contributed by atoms with Crippen molar-refractivity contribution in [3.8, 4) is 0 Å². The van der Waals surface area contributed by atoms with Gasteiger partial charge in [-0.15, -0.1) is 5.73 Å². The molecule has 3 aromatic carbocycles. The summed E-state index contributed by atoms with van der Waals surface area (Å²) in [7, 11) is -4.89. The van der Waals surface area contributed by atoms with Gasteiger partial charge < -0.3 is 0 Å². The number of nitrogens with one attached hydrogen (secondary N) is 1. The largest absolute Gasteiger partial charge is 0.296 e. The van der Waals surface area contributed by atoms with Gasteiger partial charge in [0.05, 0.1) is 14.1 Å². The predicted molar refractivity (Wildman–Crippen MR) is 138 cm³/mol. The third kappa shape index (κ3) is 5.73. The molecule has 0 unspecified atom stereocenters. The van der Waals surface area contributed by atoms with Gasteiger partial charge in [-0.3, -0.25) is 4.57 Å². The first kappa shape index (κ1) is 23.0. The van der Waals surface area contributed by atoms with Crippen LogP contribution in [0.1, 0.15) is 5.56 Å². The average Bonchev–Trinajstić information content (AvgIpc) is 2.78. The molecule has 0 amide bonds. The van der Waals surface area contributed by atoms with Crippen LogP contribution >= 0.6 is 7.29 Å². The molecular weight excluding hydrogens is 413 g/mol. The molecule has 0 bridgehead atoms. The van der Waals surface area contributed by atoms with Crippen molar-refractivity contribution < 1.29 is 4.57 Å². The summed E-state index contributed by atoms with van der Waals surface area (Å²) in [5.74, 6) is 0. The molecule has 0 aliphatic rings. The third-order valence-corrected chi connectivity index (χ3v) is 9.95. The van der Waals surface area contributed by atoms with Crippen LogP contribution in [0.4, 0.5) is 0 Å². The second kappa shape index (κ2) is 10.1. The zero-order valence-corrected chi connectivity index (χ0v) is 20.3. The lowest BCUT2D eigenvalue weighted by Gasteiger charge is -2.31. The highest BCUT2D eigenvalue weighted by atomic mass is 31.2. The van der Waals surface area contributed by atoms with E-state index >= 15 is 0 Å². The maximum atomic E-state index is 14.6. The minimum Gasteiger partial charge on any atom is -0.296 e. The van der Waals surface area contributed by atoms with Gasteiger partial charge in [0.1, 0.15) is 0 Å². The smallest absolute Gasteiger partial charge is 0.205 e. The molecule has 0 heterocycles. The normalized spacial score (nSPS) is 13.0. The average molecular weight is 444 g/mol. The minimum absolute atomic E-state index is 0.240. The van der Waals surface area contributed by atoms with Crippen LogP contribution in [0.25, 0.3) is 6.08 Å². The predicted octanol–water partition coefficient (Wildman–Crippen LogP) is 6.18. The van der Waals surface area contributed by atoms with E-state index in [-0.39, 0.29) is 6.04 Å². The molecule has 158 valence electrons. The van der Waals surface area contributed by atoms with Gasteiger partial charge in [-0.05, 0) is 35.0 Å². The fourth-order valence-corrected chi connectivity index (χ4v) is 7.73. The molecule has 0 radical (unpaired) electrons. The van der Waals surface area contributed by atoms with E-state index in [4.69, 9.17) is 0 Å². The zero-order valence-electron chi connectivity index (χ0n) is 18.5. The lowest BCUT2D eigenvalue weighted by molar-refractivity contribution is 0.576. The van der Waals surface area contributed by atoms with E-state index in [2.05, 4.69) is 61.3 Å². The maximum absolute atomic E-state index is 14.6. The Morgan fingerprint density at radius 1 is 0.871 bits per heavy atom. The van der Waals surface area contributed by atoms with Gasteiger partial charge in [0.15, 0.2) is 0 Å². The Kier molecular flexibility index (Phi) is 7.49. The van der Waals surface area contributed by atoms with Crippen molar-refractivity contribution in [1.29, 1.82) is 0 Å². The number of benzene rings is 3. The maximum Gasteiger partial charge on any atom is 0.205 e. The molecule has 0 aliphatic carbocycles. The van der Waals surface area contributed by atoms with E-state index in [0.717, 1.165) is 21.4 Å². The van der Waals surface area contributed by atoms with Crippen molar-refractivity contribution in [3.05, 3.63) is 120 Å². The lowest BCUT2D eigenvalue weighted by Crippen LogP contribution is -2.41. The summed E-state index contributed by atoms with van der Waals surface area (Å²) in [6.45, 7) is 10.8. The van der Waals surface area contributed by atoms with Crippen molar-refractivity contribution in [2.45, 2.75) is 25.7 Å². The first-order chi connectivity index (χ1) is 14.8. The molecule has 31 heavy (non-hydrogen) atoms. The SMILES string of the molecule is C=C=C([C@@H](/C=C/c1ccccc1)NP(=O)(c1ccccc1)c1ccccc1)[Si](C)(C)C. The highest BCUT2D eigenvalue weighted by Gasteiger charge is 2.34. The molecule has 0 saturated carbocycles. The fraction of sp³-hybridized carbons (Fsp3) is 0.148. The highest BCUT2D eigenvalue weighted by Crippen LogP contribution is 2.41. The Morgan fingerprint density at radius 2 is 1.32 bits per heavy atom. The minimum atomic E-state index is -3.11. The van der Waals surface area contributed by atoms with Gasteiger partial charge in [0.25, 0.3) is 0 Å². The van der Waals surface area contributed by atoms with Gasteiger partial charge in [-0.25, -0.2) is 5.09 Å². The Labute approximate surface area is 187 Å². The monoisotopic (exact) mass is 443 g/mol. The van der Waals surface area contributed by atoms with Gasteiger partial charge in [-0.1, -0.05) is 105 Å². The molecule has 1 N–H and O–H groups in total. The first-order valence-electron chi connectivity index (χ1n) is 10.5. The molecule has 0 aromatic heterocycles. The summed E-state index contributed by atoms with van der Waals surface area (Å²) in [5.41, 5.74) is 4.30. The standard InChI is InChI=1S/C27H30NOPSi/c1-5-27(31(2,3)4)26(22-21-23-15-9-6-10-16-23)28-30(29,24-17-11-7-12-18-24)25-19-13-8-14-20-25/h6-22,26H,1H2,2-4H3,(H,28,29)/b22-21+/t26-/m1/s1. The van der Waals surface area contributed by atoms with Gasteiger partial charge in [0, 0.05) is 10.6 Å². The van der Waals surface area contributed by atoms with Crippen molar-refractivity contribution in [3.63, 3.8) is 0 Å². The Hall–Kier alpha value is -2.67. The molecule has 0 aliphatic heterocycles. The summed E-state index contributed by atoms with van der Waals surface area (Å²) in [4.78, 5) is 0. The van der Waals surface area contributed by atoms with E-state index in [9.17, 15) is 4.57 Å². The van der Waals surface area contributed by atoms with Gasteiger partial charge in [0.2, 0.25) is 7.29 Å². The van der Waals surface area contributed by atoms with Crippen LogP contribution in [-0.2, 0) is 4.57 Å². The zero-order chi connectivity index (χ0) is 22.3. The molecule has 3 rings (SSSR count). The van der Waals surface area contributed by atoms with E-state index < -0.39 is 15.4 Å². The van der Waals surface area contributed by atoms with Crippen LogP contribution in [0, 0.1) is 0 Å². The molecule has 0 saturated heterocycles. The Morgan fingerprint density at radius 3 is 1.74 bits per heavy atom. The van der Waals surface area contributed by atoms with Gasteiger partial charge in [-0.2, -0.15) is 0 Å². The van der Waals surface area contributed by atoms with Crippen LogP contribution in [-0.4, -0.2) is 14.1 Å². The Bertz CT molecular complexity index is 1070. The number of hydrogen-bond donors (Lipinski definition) is 1. The molecule has 0 spiro atoms. The topological polar surface area (TPSA) is 29.1 Å². The van der Waals surface area contributed by atoms with Crippen molar-refractivity contribution >= 4 is 32.1 Å². The molecule has 3 aromatic rings. The van der Waals surface area contributed by atoms with Crippen LogP contribution < -0.4 is 15.7 Å². The van der Waals surface area contributed by atoms with E-state index in [1.807, 2.05) is 78.9 Å². The summed E-state index contributed by atoms with van der Waals surface area (Å²) in [5, 5.41) is 6.24. The van der Waals surface area contributed by atoms with E-state index in [0.29, 0.717) is 0 Å². The lowest BCUT2D eigenvalue weighted by atomic mass is 10.2.